The SMILES string of the molecule is CCCCCCCOCC(O)c1cccc(C(F)(F)F)c1. The van der Waals surface area contributed by atoms with E-state index in [1.165, 1.54) is 25.0 Å². The van der Waals surface area contributed by atoms with Crippen LogP contribution in [0, 0.1) is 0 Å². The Labute approximate surface area is 123 Å². The van der Waals surface area contributed by atoms with E-state index < -0.39 is 17.8 Å². The number of hydrogen-bond donors (Lipinski definition) is 1. The van der Waals surface area contributed by atoms with E-state index >= 15 is 0 Å². The number of rotatable bonds is 9. The van der Waals surface area contributed by atoms with Gasteiger partial charge in [0.2, 0.25) is 0 Å². The molecule has 1 aromatic carbocycles. The van der Waals surface area contributed by atoms with Crippen molar-refractivity contribution in [2.24, 2.45) is 0 Å². The third kappa shape index (κ3) is 6.96. The summed E-state index contributed by atoms with van der Waals surface area (Å²) in [5.74, 6) is 0. The third-order valence-corrected chi connectivity index (χ3v) is 3.27. The van der Waals surface area contributed by atoms with Gasteiger partial charge < -0.3 is 9.84 Å². The van der Waals surface area contributed by atoms with Crippen LogP contribution in [0.3, 0.4) is 0 Å². The van der Waals surface area contributed by atoms with Crippen LogP contribution >= 0.6 is 0 Å². The Morgan fingerprint density at radius 3 is 2.52 bits per heavy atom. The molecule has 0 spiro atoms. The van der Waals surface area contributed by atoms with E-state index in [1.54, 1.807) is 0 Å². The normalized spacial score (nSPS) is 13.4. The van der Waals surface area contributed by atoms with Crippen molar-refractivity contribution in [2.45, 2.75) is 51.3 Å². The number of alkyl halides is 3. The fourth-order valence-corrected chi connectivity index (χ4v) is 2.02. The van der Waals surface area contributed by atoms with Gasteiger partial charge in [0.05, 0.1) is 12.2 Å². The molecule has 0 aromatic heterocycles. The predicted molar refractivity (Wildman–Crippen MR) is 76.0 cm³/mol. The zero-order valence-electron chi connectivity index (χ0n) is 12.3. The van der Waals surface area contributed by atoms with Crippen molar-refractivity contribution in [2.75, 3.05) is 13.2 Å². The Morgan fingerprint density at radius 1 is 1.14 bits per heavy atom. The van der Waals surface area contributed by atoms with E-state index in [0.29, 0.717) is 6.61 Å². The zero-order chi connectivity index (χ0) is 15.7. The summed E-state index contributed by atoms with van der Waals surface area (Å²) in [5.41, 5.74) is -0.519. The van der Waals surface area contributed by atoms with Crippen LogP contribution < -0.4 is 0 Å². The van der Waals surface area contributed by atoms with E-state index in [9.17, 15) is 18.3 Å². The second-order valence-electron chi connectivity index (χ2n) is 5.13. The van der Waals surface area contributed by atoms with E-state index in [0.717, 1.165) is 31.4 Å². The van der Waals surface area contributed by atoms with E-state index in [2.05, 4.69) is 6.92 Å². The maximum Gasteiger partial charge on any atom is 0.416 e. The summed E-state index contributed by atoms with van der Waals surface area (Å²) >= 11 is 0. The van der Waals surface area contributed by atoms with Crippen LogP contribution in [0.25, 0.3) is 0 Å². The first-order valence-electron chi connectivity index (χ1n) is 7.38. The molecular weight excluding hydrogens is 281 g/mol. The van der Waals surface area contributed by atoms with Crippen LogP contribution in [0.1, 0.15) is 56.3 Å². The highest BCUT2D eigenvalue weighted by Crippen LogP contribution is 2.30. The molecule has 0 aliphatic heterocycles. The number of ether oxygens (including phenoxy) is 1. The molecule has 0 heterocycles. The fourth-order valence-electron chi connectivity index (χ4n) is 2.02. The minimum absolute atomic E-state index is 0.0229. The average Bonchev–Trinajstić information content (AvgIpc) is 2.45. The lowest BCUT2D eigenvalue weighted by Crippen LogP contribution is -2.10. The van der Waals surface area contributed by atoms with Gasteiger partial charge >= 0.3 is 6.18 Å². The van der Waals surface area contributed by atoms with Gasteiger partial charge in [-0.05, 0) is 24.1 Å². The second-order valence-corrected chi connectivity index (χ2v) is 5.13. The monoisotopic (exact) mass is 304 g/mol. The highest BCUT2D eigenvalue weighted by atomic mass is 19.4. The highest BCUT2D eigenvalue weighted by Gasteiger charge is 2.30. The van der Waals surface area contributed by atoms with Gasteiger partial charge in [-0.25, -0.2) is 0 Å². The van der Waals surface area contributed by atoms with Crippen molar-refractivity contribution >= 4 is 0 Å². The lowest BCUT2D eigenvalue weighted by Gasteiger charge is -2.14. The first-order chi connectivity index (χ1) is 9.95. The maximum absolute atomic E-state index is 12.6. The molecule has 0 aliphatic carbocycles. The summed E-state index contributed by atoms with van der Waals surface area (Å²) in [5, 5.41) is 9.86. The number of hydrogen-bond acceptors (Lipinski definition) is 2. The van der Waals surface area contributed by atoms with Gasteiger partial charge in [-0.1, -0.05) is 44.7 Å². The molecule has 120 valence electrons. The summed E-state index contributed by atoms with van der Waals surface area (Å²) in [7, 11) is 0. The second kappa shape index (κ2) is 9.05. The van der Waals surface area contributed by atoms with Crippen LogP contribution in [0.2, 0.25) is 0 Å². The number of unbranched alkanes of at least 4 members (excludes halogenated alkanes) is 4. The Kier molecular flexibility index (Phi) is 7.75. The van der Waals surface area contributed by atoms with Crippen molar-refractivity contribution in [3.05, 3.63) is 35.4 Å². The molecule has 1 atom stereocenters. The molecule has 2 nitrogen and oxygen atoms in total. The van der Waals surface area contributed by atoms with Crippen LogP contribution in [0.5, 0.6) is 0 Å². The van der Waals surface area contributed by atoms with Crippen molar-refractivity contribution in [3.8, 4) is 0 Å². The number of aliphatic hydroxyl groups is 1. The van der Waals surface area contributed by atoms with Gasteiger partial charge in [-0.3, -0.25) is 0 Å². The average molecular weight is 304 g/mol. The van der Waals surface area contributed by atoms with Crippen molar-refractivity contribution in [3.63, 3.8) is 0 Å². The standard InChI is InChI=1S/C16H23F3O2/c1-2-3-4-5-6-10-21-12-15(20)13-8-7-9-14(11-13)16(17,18)19/h7-9,11,15,20H,2-6,10,12H2,1H3. The largest absolute Gasteiger partial charge is 0.416 e. The first-order valence-corrected chi connectivity index (χ1v) is 7.38. The van der Waals surface area contributed by atoms with E-state index in [-0.39, 0.29) is 12.2 Å². The van der Waals surface area contributed by atoms with Gasteiger partial charge in [0, 0.05) is 6.61 Å². The van der Waals surface area contributed by atoms with Gasteiger partial charge in [-0.2, -0.15) is 13.2 Å². The zero-order valence-corrected chi connectivity index (χ0v) is 12.3. The molecule has 1 aromatic rings. The molecule has 0 fully saturated rings. The summed E-state index contributed by atoms with van der Waals surface area (Å²) in [6.45, 7) is 2.69. The molecule has 0 saturated heterocycles. The molecule has 0 amide bonds. The number of halogens is 3. The molecule has 0 saturated carbocycles. The third-order valence-electron chi connectivity index (χ3n) is 3.27. The van der Waals surface area contributed by atoms with Crippen LogP contribution in [-0.4, -0.2) is 18.3 Å². The summed E-state index contributed by atoms with van der Waals surface area (Å²) in [6.07, 6.45) is 0.111. The minimum atomic E-state index is -4.39. The Balaban J connectivity index is 2.34. The van der Waals surface area contributed by atoms with Crippen molar-refractivity contribution in [1.29, 1.82) is 0 Å². The molecule has 5 heteroatoms. The lowest BCUT2D eigenvalue weighted by atomic mass is 10.1. The van der Waals surface area contributed by atoms with E-state index in [1.807, 2.05) is 0 Å². The maximum atomic E-state index is 12.6. The molecule has 1 unspecified atom stereocenters. The fraction of sp³-hybridized carbons (Fsp3) is 0.625. The predicted octanol–water partition coefficient (Wildman–Crippen LogP) is 4.73. The lowest BCUT2D eigenvalue weighted by molar-refractivity contribution is -0.137. The van der Waals surface area contributed by atoms with Gasteiger partial charge in [0.25, 0.3) is 0 Å². The van der Waals surface area contributed by atoms with E-state index in [4.69, 9.17) is 4.74 Å². The van der Waals surface area contributed by atoms with Gasteiger partial charge in [0.15, 0.2) is 0 Å². The molecular formula is C16H23F3O2. The first kappa shape index (κ1) is 18.0. The molecule has 0 radical (unpaired) electrons. The Bertz CT molecular complexity index is 405. The summed E-state index contributed by atoms with van der Waals surface area (Å²) in [4.78, 5) is 0. The van der Waals surface area contributed by atoms with Crippen LogP contribution in [-0.2, 0) is 10.9 Å². The number of benzene rings is 1. The summed E-state index contributed by atoms with van der Waals surface area (Å²) < 4.78 is 43.0. The molecule has 21 heavy (non-hydrogen) atoms. The van der Waals surface area contributed by atoms with Gasteiger partial charge in [0.1, 0.15) is 6.10 Å². The summed E-state index contributed by atoms with van der Waals surface area (Å²) in [6, 6.07) is 4.73. The molecule has 1 N–H and O–H groups in total. The van der Waals surface area contributed by atoms with Crippen molar-refractivity contribution in [1.82, 2.24) is 0 Å². The smallest absolute Gasteiger partial charge is 0.386 e. The van der Waals surface area contributed by atoms with Crippen LogP contribution in [0.15, 0.2) is 24.3 Å². The quantitative estimate of drug-likeness (QED) is 0.669. The van der Waals surface area contributed by atoms with Gasteiger partial charge in [-0.15, -0.1) is 0 Å². The molecule has 0 aliphatic rings. The molecule has 0 bridgehead atoms. The van der Waals surface area contributed by atoms with Crippen LogP contribution in [0.4, 0.5) is 13.2 Å². The number of aliphatic hydroxyl groups excluding tert-OH is 1. The Hall–Kier alpha value is -1.07. The topological polar surface area (TPSA) is 29.5 Å². The van der Waals surface area contributed by atoms with Crippen molar-refractivity contribution < 1.29 is 23.0 Å². The minimum Gasteiger partial charge on any atom is -0.386 e. The highest BCUT2D eigenvalue weighted by molar-refractivity contribution is 5.27. The molecule has 1 rings (SSSR count). The Morgan fingerprint density at radius 2 is 1.86 bits per heavy atom.